The quantitative estimate of drug-likeness (QED) is 0.839. The normalized spacial score (nSPS) is 26.9. The van der Waals surface area contributed by atoms with Crippen molar-refractivity contribution in [2.45, 2.75) is 25.3 Å². The van der Waals surface area contributed by atoms with Crippen molar-refractivity contribution in [3.05, 3.63) is 30.1 Å². The number of hydrogen-bond acceptors (Lipinski definition) is 4. The van der Waals surface area contributed by atoms with E-state index in [0.717, 1.165) is 5.69 Å². The molecule has 2 aliphatic heterocycles. The molecule has 5 nitrogen and oxygen atoms in total. The summed E-state index contributed by atoms with van der Waals surface area (Å²) in [4.78, 5) is 19.9. The van der Waals surface area contributed by atoms with Crippen molar-refractivity contribution >= 4 is 5.91 Å². The number of methoxy groups -OCH3 is 1. The van der Waals surface area contributed by atoms with Gasteiger partial charge in [-0.15, -0.1) is 0 Å². The van der Waals surface area contributed by atoms with Crippen LogP contribution in [0.15, 0.2) is 24.4 Å². The fraction of sp³-hybridized carbons (Fsp3) is 0.647. The summed E-state index contributed by atoms with van der Waals surface area (Å²) in [5, 5.41) is 0. The van der Waals surface area contributed by atoms with Crippen molar-refractivity contribution < 1.29 is 18.3 Å². The Morgan fingerprint density at radius 1 is 1.29 bits per heavy atom. The first kappa shape index (κ1) is 17.2. The zero-order valence-electron chi connectivity index (χ0n) is 13.9. The molecule has 3 heterocycles. The Morgan fingerprint density at radius 3 is 2.83 bits per heavy atom. The van der Waals surface area contributed by atoms with E-state index in [9.17, 15) is 13.6 Å². The molecule has 2 saturated heterocycles. The summed E-state index contributed by atoms with van der Waals surface area (Å²) < 4.78 is 34.2. The predicted molar refractivity (Wildman–Crippen MR) is 84.6 cm³/mol. The fourth-order valence-electron chi connectivity index (χ4n) is 3.77. The van der Waals surface area contributed by atoms with Gasteiger partial charge in [-0.25, -0.2) is 8.78 Å². The number of nitrogens with zero attached hydrogens (tertiary/aromatic N) is 3. The number of piperidine rings is 1. The molecule has 24 heavy (non-hydrogen) atoms. The zero-order valence-corrected chi connectivity index (χ0v) is 13.9. The second-order valence-electron chi connectivity index (χ2n) is 6.76. The fourth-order valence-corrected chi connectivity index (χ4v) is 3.77. The van der Waals surface area contributed by atoms with Crippen LogP contribution < -0.4 is 0 Å². The third kappa shape index (κ3) is 3.28. The molecule has 2 aliphatic rings. The van der Waals surface area contributed by atoms with Gasteiger partial charge in [0.25, 0.3) is 5.92 Å². The third-order valence-electron chi connectivity index (χ3n) is 5.13. The number of carbonyl (C=O) groups is 1. The van der Waals surface area contributed by atoms with Crippen LogP contribution in [0.5, 0.6) is 0 Å². The highest BCUT2D eigenvalue weighted by Crippen LogP contribution is 2.49. The second kappa shape index (κ2) is 6.72. The molecule has 0 saturated carbocycles. The van der Waals surface area contributed by atoms with Gasteiger partial charge in [-0.1, -0.05) is 6.07 Å². The smallest absolute Gasteiger partial charge is 0.258 e. The average molecular weight is 339 g/mol. The van der Waals surface area contributed by atoms with E-state index in [-0.39, 0.29) is 38.6 Å². The largest absolute Gasteiger partial charge is 0.375 e. The van der Waals surface area contributed by atoms with Crippen LogP contribution in [0.25, 0.3) is 0 Å². The van der Waals surface area contributed by atoms with Gasteiger partial charge in [0.05, 0.1) is 11.1 Å². The van der Waals surface area contributed by atoms with Gasteiger partial charge in [0.2, 0.25) is 5.91 Å². The summed E-state index contributed by atoms with van der Waals surface area (Å²) in [6.45, 7) is 1.58. The van der Waals surface area contributed by atoms with Crippen LogP contribution in [0.3, 0.4) is 0 Å². The zero-order chi connectivity index (χ0) is 17.2. The van der Waals surface area contributed by atoms with Crippen LogP contribution in [0.4, 0.5) is 8.78 Å². The molecule has 7 heteroatoms. The lowest BCUT2D eigenvalue weighted by Gasteiger charge is -2.46. The average Bonchev–Trinajstić information content (AvgIpc) is 2.96. The van der Waals surface area contributed by atoms with Crippen molar-refractivity contribution in [3.63, 3.8) is 0 Å². The standard InChI is InChI=1S/C17H23F2N3O2/c1-24-11-15(23)22-9-6-17(18,19)16(13-22)5-8-21(12-16)10-14-4-2-3-7-20-14/h2-4,7H,5-6,8-13H2,1H3. The summed E-state index contributed by atoms with van der Waals surface area (Å²) in [5.41, 5.74) is -0.287. The number of pyridine rings is 1. The maximum absolute atomic E-state index is 14.7. The van der Waals surface area contributed by atoms with Crippen molar-refractivity contribution in [2.75, 3.05) is 39.9 Å². The highest BCUT2D eigenvalue weighted by molar-refractivity contribution is 5.77. The first-order valence-corrected chi connectivity index (χ1v) is 8.23. The summed E-state index contributed by atoms with van der Waals surface area (Å²) >= 11 is 0. The first-order chi connectivity index (χ1) is 11.5. The van der Waals surface area contributed by atoms with E-state index >= 15 is 0 Å². The van der Waals surface area contributed by atoms with Crippen LogP contribution in [-0.2, 0) is 16.1 Å². The Kier molecular flexibility index (Phi) is 4.83. The monoisotopic (exact) mass is 339 g/mol. The molecule has 2 fully saturated rings. The molecule has 1 aromatic rings. The molecule has 0 bridgehead atoms. The number of halogens is 2. The van der Waals surface area contributed by atoms with Crippen molar-refractivity contribution in [3.8, 4) is 0 Å². The molecule has 3 rings (SSSR count). The van der Waals surface area contributed by atoms with Crippen LogP contribution in [0, 0.1) is 5.41 Å². The molecule has 0 aromatic carbocycles. The minimum atomic E-state index is -2.75. The first-order valence-electron chi connectivity index (χ1n) is 8.23. The lowest BCUT2D eigenvalue weighted by atomic mass is 9.75. The van der Waals surface area contributed by atoms with Gasteiger partial charge in [0.1, 0.15) is 6.61 Å². The Labute approximate surface area is 140 Å². The predicted octanol–water partition coefficient (Wildman–Crippen LogP) is 1.79. The number of ether oxygens (including phenoxy) is 1. The highest BCUT2D eigenvalue weighted by Gasteiger charge is 2.59. The number of alkyl halides is 2. The van der Waals surface area contributed by atoms with Gasteiger partial charge in [0, 0.05) is 45.9 Å². The SMILES string of the molecule is COCC(=O)N1CCC(F)(F)C2(CCN(Cc3ccccn3)C2)C1. The Bertz CT molecular complexity index is 584. The molecule has 132 valence electrons. The molecule has 1 spiro atoms. The molecule has 1 unspecified atom stereocenters. The van der Waals surface area contributed by atoms with Gasteiger partial charge in [0.15, 0.2) is 0 Å². The number of hydrogen-bond donors (Lipinski definition) is 0. The van der Waals surface area contributed by atoms with Crippen LogP contribution in [-0.4, -0.2) is 66.5 Å². The topological polar surface area (TPSA) is 45.7 Å². The van der Waals surface area contributed by atoms with Gasteiger partial charge in [-0.3, -0.25) is 14.7 Å². The van der Waals surface area contributed by atoms with E-state index in [1.54, 1.807) is 6.20 Å². The maximum atomic E-state index is 14.7. The van der Waals surface area contributed by atoms with Crippen LogP contribution in [0.2, 0.25) is 0 Å². The molecule has 0 aliphatic carbocycles. The van der Waals surface area contributed by atoms with Gasteiger partial charge in [-0.05, 0) is 25.1 Å². The van der Waals surface area contributed by atoms with E-state index in [1.165, 1.54) is 12.0 Å². The molecular formula is C17H23F2N3O2. The highest BCUT2D eigenvalue weighted by atomic mass is 19.3. The van der Waals surface area contributed by atoms with Crippen molar-refractivity contribution in [1.82, 2.24) is 14.8 Å². The number of aromatic nitrogens is 1. The summed E-state index contributed by atoms with van der Waals surface area (Å²) in [7, 11) is 1.44. The van der Waals surface area contributed by atoms with E-state index in [1.807, 2.05) is 23.1 Å². The molecular weight excluding hydrogens is 316 g/mol. The van der Waals surface area contributed by atoms with E-state index in [4.69, 9.17) is 4.74 Å². The van der Waals surface area contributed by atoms with E-state index in [0.29, 0.717) is 19.5 Å². The van der Waals surface area contributed by atoms with Gasteiger partial charge < -0.3 is 9.64 Å². The maximum Gasteiger partial charge on any atom is 0.258 e. The molecule has 1 amide bonds. The van der Waals surface area contributed by atoms with Crippen LogP contribution >= 0.6 is 0 Å². The lowest BCUT2D eigenvalue weighted by molar-refractivity contribution is -0.173. The second-order valence-corrected chi connectivity index (χ2v) is 6.76. The summed E-state index contributed by atoms with van der Waals surface area (Å²) in [6.07, 6.45) is 1.82. The number of likely N-dealkylation sites (tertiary alicyclic amines) is 2. The Morgan fingerprint density at radius 2 is 2.12 bits per heavy atom. The third-order valence-corrected chi connectivity index (χ3v) is 5.13. The summed E-state index contributed by atoms with van der Waals surface area (Å²) in [6, 6.07) is 5.64. The van der Waals surface area contributed by atoms with E-state index in [2.05, 4.69) is 4.98 Å². The summed E-state index contributed by atoms with van der Waals surface area (Å²) in [5.74, 6) is -2.97. The Hall–Kier alpha value is -1.60. The number of carbonyl (C=O) groups excluding carboxylic acids is 1. The molecule has 0 N–H and O–H groups in total. The molecule has 0 radical (unpaired) electrons. The minimum absolute atomic E-state index is 0.0562. The number of amides is 1. The van der Waals surface area contributed by atoms with Gasteiger partial charge in [-0.2, -0.15) is 0 Å². The lowest BCUT2D eigenvalue weighted by Crippen LogP contribution is -2.58. The number of rotatable bonds is 4. The van der Waals surface area contributed by atoms with Crippen LogP contribution in [0.1, 0.15) is 18.5 Å². The van der Waals surface area contributed by atoms with Gasteiger partial charge >= 0.3 is 0 Å². The molecule has 1 aromatic heterocycles. The Balaban J connectivity index is 1.71. The van der Waals surface area contributed by atoms with Crippen molar-refractivity contribution in [2.24, 2.45) is 5.41 Å². The molecule has 1 atom stereocenters. The minimum Gasteiger partial charge on any atom is -0.375 e. The van der Waals surface area contributed by atoms with Crippen molar-refractivity contribution in [1.29, 1.82) is 0 Å². The van der Waals surface area contributed by atoms with E-state index < -0.39 is 11.3 Å².